The van der Waals surface area contributed by atoms with Crippen LogP contribution >= 0.6 is 0 Å². The predicted molar refractivity (Wildman–Crippen MR) is 117 cm³/mol. The summed E-state index contributed by atoms with van der Waals surface area (Å²) in [7, 11) is 3.69. The van der Waals surface area contributed by atoms with Crippen LogP contribution < -0.4 is 5.43 Å². The van der Waals surface area contributed by atoms with Gasteiger partial charge in [-0.2, -0.15) is 5.10 Å². The number of fused-ring (bicyclic) bond motifs is 2. The Morgan fingerprint density at radius 3 is 2.52 bits per heavy atom. The maximum Gasteiger partial charge on any atom is 0.275 e. The Kier molecular flexibility index (Phi) is 4.39. The molecular weight excluding hydrogens is 392 g/mol. The fourth-order valence-electron chi connectivity index (χ4n) is 4.67. The molecule has 1 aliphatic rings. The first kappa shape index (κ1) is 19.1. The van der Waals surface area contributed by atoms with Gasteiger partial charge in [0.1, 0.15) is 0 Å². The van der Waals surface area contributed by atoms with Crippen LogP contribution in [0.2, 0.25) is 0 Å². The highest BCUT2D eigenvalue weighted by molar-refractivity contribution is 5.95. The zero-order valence-electron chi connectivity index (χ0n) is 17.3. The summed E-state index contributed by atoms with van der Waals surface area (Å²) in [6, 6.07) is 17.9. The van der Waals surface area contributed by atoms with Crippen LogP contribution in [0.25, 0.3) is 10.9 Å². The lowest BCUT2D eigenvalue weighted by Gasteiger charge is -2.37. The number of amides is 1. The van der Waals surface area contributed by atoms with Gasteiger partial charge in [-0.05, 0) is 17.2 Å². The van der Waals surface area contributed by atoms with Gasteiger partial charge in [0, 0.05) is 43.7 Å². The molecule has 0 spiro atoms. The number of nitrogens with zero attached hydrogens (tertiary/aromatic N) is 4. The van der Waals surface area contributed by atoms with Gasteiger partial charge in [-0.25, -0.2) is 0 Å². The van der Waals surface area contributed by atoms with Crippen molar-refractivity contribution < 1.29 is 9.90 Å². The molecule has 31 heavy (non-hydrogen) atoms. The van der Waals surface area contributed by atoms with Gasteiger partial charge < -0.3 is 14.6 Å². The minimum Gasteiger partial charge on any atom is -0.502 e. The monoisotopic (exact) mass is 414 g/mol. The lowest BCUT2D eigenvalue weighted by atomic mass is 9.83. The fourth-order valence-corrected chi connectivity index (χ4v) is 4.67. The summed E-state index contributed by atoms with van der Waals surface area (Å²) in [5, 5.41) is 15.8. The Morgan fingerprint density at radius 2 is 1.74 bits per heavy atom. The first-order valence-electron chi connectivity index (χ1n) is 10.1. The molecule has 0 aliphatic carbocycles. The van der Waals surface area contributed by atoms with Crippen molar-refractivity contribution in [1.82, 2.24) is 19.2 Å². The zero-order valence-corrected chi connectivity index (χ0v) is 17.3. The molecule has 2 unspecified atom stereocenters. The van der Waals surface area contributed by atoms with E-state index < -0.39 is 17.1 Å². The van der Waals surface area contributed by atoms with E-state index in [0.29, 0.717) is 6.54 Å². The highest BCUT2D eigenvalue weighted by Gasteiger charge is 2.39. The van der Waals surface area contributed by atoms with Crippen molar-refractivity contribution in [3.63, 3.8) is 0 Å². The molecule has 156 valence electrons. The van der Waals surface area contributed by atoms with Crippen LogP contribution in [0.1, 0.15) is 33.6 Å². The molecule has 0 radical (unpaired) electrons. The summed E-state index contributed by atoms with van der Waals surface area (Å²) in [5.41, 5.74) is 2.55. The lowest BCUT2D eigenvalue weighted by Crippen LogP contribution is -2.45. The van der Waals surface area contributed by atoms with E-state index in [1.54, 1.807) is 11.9 Å². The van der Waals surface area contributed by atoms with E-state index in [9.17, 15) is 14.7 Å². The topological polar surface area (TPSA) is 80.4 Å². The number of carbonyl (C=O) groups is 1. The molecule has 1 amide bonds. The number of hydrogen-bond acceptors (Lipinski definition) is 4. The number of aromatic hydroxyl groups is 1. The maximum absolute atomic E-state index is 12.8. The van der Waals surface area contributed by atoms with E-state index >= 15 is 0 Å². The first-order chi connectivity index (χ1) is 15.0. The quantitative estimate of drug-likeness (QED) is 0.559. The molecule has 2 atom stereocenters. The first-order valence-corrected chi connectivity index (χ1v) is 10.1. The molecule has 1 N–H and O–H groups in total. The Hall–Kier alpha value is -3.87. The Bertz CT molecular complexity index is 1360. The SMILES string of the molecule is CN1CC(C(c2ccccc2)c2cn(C)c3ccccc23)n2ncc(=O)c(O)c2C1=O. The lowest BCUT2D eigenvalue weighted by molar-refractivity contribution is 0.0686. The van der Waals surface area contributed by atoms with Gasteiger partial charge in [-0.15, -0.1) is 0 Å². The van der Waals surface area contributed by atoms with E-state index in [4.69, 9.17) is 0 Å². The number of carbonyl (C=O) groups excluding carboxylic acids is 1. The summed E-state index contributed by atoms with van der Waals surface area (Å²) in [5.74, 6) is -1.12. The molecule has 5 rings (SSSR count). The molecule has 2 aromatic heterocycles. The summed E-state index contributed by atoms with van der Waals surface area (Å²) in [6.45, 7) is 0.393. The van der Waals surface area contributed by atoms with Crippen molar-refractivity contribution in [2.24, 2.45) is 7.05 Å². The molecular formula is C24H22N4O3. The van der Waals surface area contributed by atoms with Crippen molar-refractivity contribution in [2.45, 2.75) is 12.0 Å². The number of aromatic nitrogens is 3. The average Bonchev–Trinajstić information content (AvgIpc) is 3.11. The van der Waals surface area contributed by atoms with Crippen LogP contribution in [0.15, 0.2) is 71.8 Å². The summed E-state index contributed by atoms with van der Waals surface area (Å²) in [6.07, 6.45) is 3.19. The van der Waals surface area contributed by atoms with Crippen LogP contribution in [0.5, 0.6) is 5.75 Å². The standard InChI is InChI=1S/C24H22N4O3/c1-26-13-17(16-10-6-7-11-18(16)26)21(15-8-4-3-5-9-15)19-14-27(2)24(31)22-23(30)20(29)12-25-28(19)22/h3-13,19,21,30H,14H2,1-2H3. The van der Waals surface area contributed by atoms with Gasteiger partial charge in [-0.3, -0.25) is 14.3 Å². The van der Waals surface area contributed by atoms with Gasteiger partial charge in [0.25, 0.3) is 5.91 Å². The molecule has 0 saturated heterocycles. The van der Waals surface area contributed by atoms with Crippen molar-refractivity contribution in [3.8, 4) is 5.75 Å². The van der Waals surface area contributed by atoms with Gasteiger partial charge >= 0.3 is 0 Å². The maximum atomic E-state index is 12.8. The smallest absolute Gasteiger partial charge is 0.275 e. The van der Waals surface area contributed by atoms with E-state index in [-0.39, 0.29) is 17.7 Å². The largest absolute Gasteiger partial charge is 0.502 e. The van der Waals surface area contributed by atoms with Crippen molar-refractivity contribution in [2.75, 3.05) is 13.6 Å². The van der Waals surface area contributed by atoms with Crippen molar-refractivity contribution in [1.29, 1.82) is 0 Å². The predicted octanol–water partition coefficient (Wildman–Crippen LogP) is 2.90. The molecule has 0 fully saturated rings. The molecule has 2 aromatic carbocycles. The van der Waals surface area contributed by atoms with Gasteiger partial charge in [0.05, 0.1) is 12.2 Å². The molecule has 1 aliphatic heterocycles. The van der Waals surface area contributed by atoms with Crippen LogP contribution in [0, 0.1) is 0 Å². The fraction of sp³-hybridized carbons (Fsp3) is 0.208. The van der Waals surface area contributed by atoms with E-state index in [2.05, 4.69) is 40.1 Å². The number of benzene rings is 2. The van der Waals surface area contributed by atoms with Crippen LogP contribution in [0.3, 0.4) is 0 Å². The van der Waals surface area contributed by atoms with Crippen LogP contribution in [0.4, 0.5) is 0 Å². The third kappa shape index (κ3) is 2.92. The van der Waals surface area contributed by atoms with E-state index in [1.807, 2.05) is 37.4 Å². The minimum atomic E-state index is -0.657. The van der Waals surface area contributed by atoms with E-state index in [0.717, 1.165) is 28.2 Å². The molecule has 0 saturated carbocycles. The highest BCUT2D eigenvalue weighted by Crippen LogP contribution is 2.42. The van der Waals surface area contributed by atoms with Gasteiger partial charge in [0.15, 0.2) is 11.4 Å². The third-order valence-corrected chi connectivity index (χ3v) is 6.12. The number of para-hydroxylation sites is 1. The Labute approximate surface area is 178 Å². The number of aryl methyl sites for hydroxylation is 1. The second kappa shape index (κ2) is 7.12. The minimum absolute atomic E-state index is 0.0626. The second-order valence-corrected chi connectivity index (χ2v) is 8.00. The summed E-state index contributed by atoms with van der Waals surface area (Å²) in [4.78, 5) is 26.4. The molecule has 7 heteroatoms. The molecule has 4 aromatic rings. The number of hydrogen-bond donors (Lipinski definition) is 1. The highest BCUT2D eigenvalue weighted by atomic mass is 16.3. The Balaban J connectivity index is 1.80. The zero-order chi connectivity index (χ0) is 21.7. The molecule has 7 nitrogen and oxygen atoms in total. The number of likely N-dealkylation sites (N-methyl/N-ethyl adjacent to an activating group) is 1. The van der Waals surface area contributed by atoms with Gasteiger partial charge in [0.2, 0.25) is 5.43 Å². The van der Waals surface area contributed by atoms with Crippen molar-refractivity contribution in [3.05, 3.63) is 94.0 Å². The van der Waals surface area contributed by atoms with E-state index in [1.165, 1.54) is 4.68 Å². The normalized spacial score (nSPS) is 17.0. The summed E-state index contributed by atoms with van der Waals surface area (Å²) >= 11 is 0. The Morgan fingerprint density at radius 1 is 1.03 bits per heavy atom. The second-order valence-electron chi connectivity index (χ2n) is 8.00. The van der Waals surface area contributed by atoms with Gasteiger partial charge in [-0.1, -0.05) is 48.5 Å². The summed E-state index contributed by atoms with van der Waals surface area (Å²) < 4.78 is 3.62. The third-order valence-electron chi connectivity index (χ3n) is 6.12. The van der Waals surface area contributed by atoms with Crippen LogP contribution in [-0.4, -0.2) is 43.9 Å². The average molecular weight is 414 g/mol. The number of rotatable bonds is 3. The van der Waals surface area contributed by atoms with Crippen LogP contribution in [-0.2, 0) is 7.05 Å². The molecule has 3 heterocycles. The molecule has 0 bridgehead atoms. The van der Waals surface area contributed by atoms with Crippen molar-refractivity contribution >= 4 is 16.8 Å².